The molecule has 0 amide bonds. The average molecular weight is 324 g/mol. The molecular weight excluding hydrogens is 319 g/mol. The molecule has 0 aliphatic heterocycles. The van der Waals surface area contributed by atoms with Gasteiger partial charge in [-0.1, -0.05) is 31.9 Å². The van der Waals surface area contributed by atoms with E-state index in [1.54, 1.807) is 0 Å². The number of benzene rings is 1. The van der Waals surface area contributed by atoms with Crippen LogP contribution < -0.4 is 0 Å². The summed E-state index contributed by atoms with van der Waals surface area (Å²) in [5.41, 5.74) is 1.15. The van der Waals surface area contributed by atoms with Crippen LogP contribution in [-0.2, 0) is 5.33 Å². The van der Waals surface area contributed by atoms with E-state index in [4.69, 9.17) is 0 Å². The number of hydrogen-bond acceptors (Lipinski definition) is 1. The second-order valence-corrected chi connectivity index (χ2v) is 4.98. The van der Waals surface area contributed by atoms with Crippen LogP contribution in [0.1, 0.15) is 5.56 Å². The minimum Gasteiger partial charge on any atom is -0.205 e. The summed E-state index contributed by atoms with van der Waals surface area (Å²) in [4.78, 5) is 0. The summed E-state index contributed by atoms with van der Waals surface area (Å²) in [5, 5.41) is 3.01. The van der Waals surface area contributed by atoms with Crippen molar-refractivity contribution in [1.29, 1.82) is 0 Å². The molecule has 0 aliphatic rings. The van der Waals surface area contributed by atoms with Crippen molar-refractivity contribution >= 4 is 53.3 Å². The maximum absolute atomic E-state index is 13.1. The Morgan fingerprint density at radius 3 is 2.85 bits per heavy atom. The second-order valence-electron chi connectivity index (χ2n) is 2.66. The predicted octanol–water partition coefficient (Wildman–Crippen LogP) is 4.70. The third-order valence-corrected chi connectivity index (χ3v) is 4.10. The number of halogens is 3. The first-order valence-electron chi connectivity index (χ1n) is 3.63. The van der Waals surface area contributed by atoms with Gasteiger partial charge in [-0.15, -0.1) is 11.3 Å². The van der Waals surface area contributed by atoms with Gasteiger partial charge in [0, 0.05) is 25.3 Å². The Morgan fingerprint density at radius 2 is 2.15 bits per heavy atom. The Morgan fingerprint density at radius 1 is 1.38 bits per heavy atom. The van der Waals surface area contributed by atoms with Crippen molar-refractivity contribution in [3.05, 3.63) is 33.4 Å². The minimum absolute atomic E-state index is 0.137. The van der Waals surface area contributed by atoms with Crippen molar-refractivity contribution in [2.24, 2.45) is 0 Å². The van der Waals surface area contributed by atoms with Crippen LogP contribution in [0.2, 0.25) is 0 Å². The molecule has 13 heavy (non-hydrogen) atoms. The van der Waals surface area contributed by atoms with Gasteiger partial charge in [-0.05, 0) is 17.7 Å². The maximum Gasteiger partial charge on any atom is 0.141 e. The molecule has 2 aromatic rings. The zero-order valence-electron chi connectivity index (χ0n) is 6.48. The Labute approximate surface area is 96.0 Å². The summed E-state index contributed by atoms with van der Waals surface area (Å²) < 4.78 is 15.1. The molecule has 0 saturated carbocycles. The fourth-order valence-electron chi connectivity index (χ4n) is 1.16. The van der Waals surface area contributed by atoms with E-state index in [0.29, 0.717) is 5.39 Å². The SMILES string of the molecule is Fc1csc2cc(CBr)c(Br)cc12. The molecule has 4 heteroatoms. The molecule has 0 fully saturated rings. The van der Waals surface area contributed by atoms with Gasteiger partial charge in [0.2, 0.25) is 0 Å². The molecule has 0 nitrogen and oxygen atoms in total. The van der Waals surface area contributed by atoms with Gasteiger partial charge in [-0.25, -0.2) is 4.39 Å². The lowest BCUT2D eigenvalue weighted by atomic mass is 10.2. The first kappa shape index (κ1) is 9.62. The van der Waals surface area contributed by atoms with Crippen molar-refractivity contribution in [3.8, 4) is 0 Å². The van der Waals surface area contributed by atoms with Crippen LogP contribution in [0.4, 0.5) is 4.39 Å². The highest BCUT2D eigenvalue weighted by atomic mass is 79.9. The van der Waals surface area contributed by atoms with Crippen LogP contribution in [-0.4, -0.2) is 0 Å². The van der Waals surface area contributed by atoms with Crippen LogP contribution in [0.5, 0.6) is 0 Å². The molecule has 0 spiro atoms. The topological polar surface area (TPSA) is 0 Å². The highest BCUT2D eigenvalue weighted by molar-refractivity contribution is 9.10. The molecule has 1 heterocycles. The third-order valence-electron chi connectivity index (χ3n) is 1.84. The average Bonchev–Trinajstić information content (AvgIpc) is 2.47. The molecule has 1 aromatic carbocycles. The zero-order chi connectivity index (χ0) is 9.42. The van der Waals surface area contributed by atoms with E-state index in [-0.39, 0.29) is 5.82 Å². The van der Waals surface area contributed by atoms with E-state index >= 15 is 0 Å². The quantitative estimate of drug-likeness (QED) is 0.667. The van der Waals surface area contributed by atoms with Crippen LogP contribution in [0, 0.1) is 5.82 Å². The standard InChI is InChI=1S/C9H5Br2FS/c10-3-5-1-9-6(2-7(5)11)8(12)4-13-9/h1-2,4H,3H2. The smallest absolute Gasteiger partial charge is 0.141 e. The van der Waals surface area contributed by atoms with Crippen LogP contribution in [0.15, 0.2) is 22.0 Å². The second kappa shape index (κ2) is 3.67. The zero-order valence-corrected chi connectivity index (χ0v) is 10.5. The van der Waals surface area contributed by atoms with Crippen molar-refractivity contribution < 1.29 is 4.39 Å². The highest BCUT2D eigenvalue weighted by Gasteiger charge is 2.06. The lowest BCUT2D eigenvalue weighted by Gasteiger charge is -1.99. The molecule has 0 bridgehead atoms. The van der Waals surface area contributed by atoms with Gasteiger partial charge in [0.05, 0.1) is 0 Å². The largest absolute Gasteiger partial charge is 0.205 e. The van der Waals surface area contributed by atoms with Crippen LogP contribution in [0.25, 0.3) is 10.1 Å². The van der Waals surface area contributed by atoms with Gasteiger partial charge >= 0.3 is 0 Å². The van der Waals surface area contributed by atoms with Gasteiger partial charge in [0.1, 0.15) is 5.82 Å². The fourth-order valence-corrected chi connectivity index (χ4v) is 3.34. The maximum atomic E-state index is 13.1. The van der Waals surface area contributed by atoms with Crippen molar-refractivity contribution in [3.63, 3.8) is 0 Å². The summed E-state index contributed by atoms with van der Waals surface area (Å²) in [5.74, 6) is -0.137. The molecule has 0 saturated heterocycles. The minimum atomic E-state index is -0.137. The number of thiophene rings is 1. The van der Waals surface area contributed by atoms with Gasteiger partial charge in [0.25, 0.3) is 0 Å². The molecule has 68 valence electrons. The van der Waals surface area contributed by atoms with Crippen molar-refractivity contribution in [2.45, 2.75) is 5.33 Å². The van der Waals surface area contributed by atoms with E-state index in [1.165, 1.54) is 16.7 Å². The third kappa shape index (κ3) is 1.67. The number of hydrogen-bond donors (Lipinski definition) is 0. The number of fused-ring (bicyclic) bond motifs is 1. The summed E-state index contributed by atoms with van der Waals surface area (Å²) in [6.07, 6.45) is 0. The molecule has 1 aromatic heterocycles. The lowest BCUT2D eigenvalue weighted by Crippen LogP contribution is -1.79. The number of alkyl halides is 1. The van der Waals surface area contributed by atoms with Crippen molar-refractivity contribution in [2.75, 3.05) is 0 Å². The van der Waals surface area contributed by atoms with Gasteiger partial charge in [0.15, 0.2) is 0 Å². The Bertz CT molecular complexity index is 450. The van der Waals surface area contributed by atoms with E-state index in [9.17, 15) is 4.39 Å². The van der Waals surface area contributed by atoms with E-state index in [0.717, 1.165) is 20.1 Å². The molecule has 2 rings (SSSR count). The highest BCUT2D eigenvalue weighted by Crippen LogP contribution is 2.31. The molecule has 0 atom stereocenters. The van der Waals surface area contributed by atoms with Gasteiger partial charge < -0.3 is 0 Å². The van der Waals surface area contributed by atoms with Crippen LogP contribution in [0.3, 0.4) is 0 Å². The molecule has 0 N–H and O–H groups in total. The van der Waals surface area contributed by atoms with E-state index in [2.05, 4.69) is 31.9 Å². The monoisotopic (exact) mass is 322 g/mol. The Hall–Kier alpha value is 0.0700. The Balaban J connectivity index is 2.76. The van der Waals surface area contributed by atoms with Gasteiger partial charge in [-0.2, -0.15) is 0 Å². The van der Waals surface area contributed by atoms with E-state index < -0.39 is 0 Å². The van der Waals surface area contributed by atoms with Gasteiger partial charge in [-0.3, -0.25) is 0 Å². The number of rotatable bonds is 1. The molecular formula is C9H5Br2FS. The van der Waals surface area contributed by atoms with Crippen molar-refractivity contribution in [1.82, 2.24) is 0 Å². The first-order chi connectivity index (χ1) is 6.22. The summed E-state index contributed by atoms with van der Waals surface area (Å²) in [6.45, 7) is 0. The Kier molecular flexibility index (Phi) is 2.72. The normalized spacial score (nSPS) is 11.0. The summed E-state index contributed by atoms with van der Waals surface area (Å²) in [6, 6.07) is 3.83. The van der Waals surface area contributed by atoms with E-state index in [1.807, 2.05) is 12.1 Å². The fraction of sp³-hybridized carbons (Fsp3) is 0.111. The molecule has 0 radical (unpaired) electrons. The summed E-state index contributed by atoms with van der Waals surface area (Å²) >= 11 is 8.22. The lowest BCUT2D eigenvalue weighted by molar-refractivity contribution is 0.644. The molecule has 0 aliphatic carbocycles. The first-order valence-corrected chi connectivity index (χ1v) is 6.43. The predicted molar refractivity (Wildman–Crippen MR) is 62.1 cm³/mol. The molecule has 0 unspecified atom stereocenters. The summed E-state index contributed by atoms with van der Waals surface area (Å²) in [7, 11) is 0. The van der Waals surface area contributed by atoms with Crippen LogP contribution >= 0.6 is 43.2 Å².